The van der Waals surface area contributed by atoms with E-state index in [0.29, 0.717) is 18.4 Å². The highest BCUT2D eigenvalue weighted by atomic mass is 32.2. The number of hydrogen-bond donors (Lipinski definition) is 0. The third-order valence-electron chi connectivity index (χ3n) is 5.94. The molecule has 1 heterocycles. The molecule has 2 aliphatic rings. The molecule has 1 saturated heterocycles. The second kappa shape index (κ2) is 7.81. The summed E-state index contributed by atoms with van der Waals surface area (Å²) in [4.78, 5) is 24.1. The maximum absolute atomic E-state index is 14.5. The quantitative estimate of drug-likeness (QED) is 0.531. The van der Waals surface area contributed by atoms with Gasteiger partial charge in [-0.25, -0.2) is 12.8 Å². The van der Waals surface area contributed by atoms with Crippen LogP contribution in [-0.2, 0) is 30.8 Å². The average molecular weight is 411 g/mol. The Morgan fingerprint density at radius 3 is 2.50 bits per heavy atom. The Bertz CT molecular complexity index is 861. The van der Waals surface area contributed by atoms with E-state index in [1.165, 1.54) is 19.2 Å². The molecule has 6 nitrogen and oxygen atoms in total. The van der Waals surface area contributed by atoms with E-state index in [-0.39, 0.29) is 30.2 Å². The number of hydrogen-bond acceptors (Lipinski definition) is 5. The summed E-state index contributed by atoms with van der Waals surface area (Å²) in [6.07, 6.45) is 5.92. The van der Waals surface area contributed by atoms with Crippen LogP contribution in [0, 0.1) is 11.7 Å². The molecule has 0 aromatic heterocycles. The zero-order valence-electron chi connectivity index (χ0n) is 16.2. The van der Waals surface area contributed by atoms with Crippen LogP contribution in [0.4, 0.5) is 10.1 Å². The van der Waals surface area contributed by atoms with Gasteiger partial charge >= 0.3 is 5.97 Å². The molecular weight excluding hydrogens is 385 g/mol. The molecule has 1 saturated carbocycles. The molecule has 1 aliphatic heterocycles. The Morgan fingerprint density at radius 2 is 1.93 bits per heavy atom. The fourth-order valence-electron chi connectivity index (χ4n) is 4.38. The minimum absolute atomic E-state index is 0.0176. The van der Waals surface area contributed by atoms with Gasteiger partial charge in [0.1, 0.15) is 23.6 Å². The average Bonchev–Trinajstić information content (AvgIpc) is 3.13. The maximum Gasteiger partial charge on any atom is 0.313 e. The van der Waals surface area contributed by atoms with Crippen molar-refractivity contribution in [2.75, 3.05) is 17.6 Å². The van der Waals surface area contributed by atoms with Crippen molar-refractivity contribution in [1.82, 2.24) is 0 Å². The van der Waals surface area contributed by atoms with Crippen LogP contribution in [0.5, 0.6) is 0 Å². The lowest BCUT2D eigenvalue weighted by molar-refractivity contribution is -0.178. The van der Waals surface area contributed by atoms with Crippen molar-refractivity contribution in [3.05, 3.63) is 29.6 Å². The van der Waals surface area contributed by atoms with Gasteiger partial charge in [-0.2, -0.15) is 0 Å². The molecule has 1 aromatic carbocycles. The molecule has 1 atom stereocenters. The number of anilines is 1. The number of carbonyl (C=O) groups excluding carboxylic acids is 2. The van der Waals surface area contributed by atoms with Crippen LogP contribution in [0.3, 0.4) is 0 Å². The molecule has 3 rings (SSSR count). The Balaban J connectivity index is 1.79. The standard InChI is InChI=1S/C20H26FNO5S/c1-22(28(2,25)26)18-8-7-14(11-17(18)21)9-10-20(15-5-3-4-6-15)13-16(23)12-19(24)27-20/h7-8,11,15H,3-6,9-10,12-13H2,1-2H3. The highest BCUT2D eigenvalue weighted by Crippen LogP contribution is 2.44. The summed E-state index contributed by atoms with van der Waals surface area (Å²) in [5.74, 6) is -1.04. The van der Waals surface area contributed by atoms with Crippen molar-refractivity contribution in [2.45, 2.75) is 57.0 Å². The third kappa shape index (κ3) is 4.37. The Hall–Kier alpha value is -1.96. The Kier molecular flexibility index (Phi) is 5.79. The Labute approximate surface area is 165 Å². The van der Waals surface area contributed by atoms with Crippen LogP contribution in [0.15, 0.2) is 18.2 Å². The van der Waals surface area contributed by atoms with E-state index in [1.54, 1.807) is 6.07 Å². The molecule has 2 fully saturated rings. The number of sulfonamides is 1. The summed E-state index contributed by atoms with van der Waals surface area (Å²) >= 11 is 0. The van der Waals surface area contributed by atoms with Crippen molar-refractivity contribution in [3.63, 3.8) is 0 Å². The van der Waals surface area contributed by atoms with Gasteiger partial charge < -0.3 is 4.74 Å². The van der Waals surface area contributed by atoms with Gasteiger partial charge in [0, 0.05) is 13.5 Å². The number of benzene rings is 1. The topological polar surface area (TPSA) is 80.8 Å². The number of rotatable bonds is 6. The number of carbonyl (C=O) groups is 2. The van der Waals surface area contributed by atoms with Gasteiger partial charge in [0.15, 0.2) is 0 Å². The van der Waals surface area contributed by atoms with Crippen LogP contribution >= 0.6 is 0 Å². The molecule has 0 N–H and O–H groups in total. The minimum Gasteiger partial charge on any atom is -0.458 e. The zero-order valence-corrected chi connectivity index (χ0v) is 17.1. The number of ether oxygens (including phenoxy) is 1. The van der Waals surface area contributed by atoms with Crippen molar-refractivity contribution >= 4 is 27.5 Å². The normalized spacial score (nSPS) is 23.7. The fourth-order valence-corrected chi connectivity index (χ4v) is 4.88. The molecule has 1 aromatic rings. The van der Waals surface area contributed by atoms with Crippen LogP contribution in [0.1, 0.15) is 50.5 Å². The van der Waals surface area contributed by atoms with Crippen LogP contribution < -0.4 is 4.31 Å². The molecule has 8 heteroatoms. The van der Waals surface area contributed by atoms with E-state index < -0.39 is 27.4 Å². The van der Waals surface area contributed by atoms with Crippen molar-refractivity contribution in [1.29, 1.82) is 0 Å². The number of halogens is 1. The lowest BCUT2D eigenvalue weighted by Crippen LogP contribution is -2.48. The molecular formula is C20H26FNO5S. The first-order valence-electron chi connectivity index (χ1n) is 9.56. The predicted molar refractivity (Wildman–Crippen MR) is 103 cm³/mol. The SMILES string of the molecule is CN(c1ccc(CCC2(C3CCCC3)CC(=O)CC(=O)O2)cc1F)S(C)(=O)=O. The minimum atomic E-state index is -3.56. The Morgan fingerprint density at radius 1 is 1.25 bits per heavy atom. The molecule has 154 valence electrons. The summed E-state index contributed by atoms with van der Waals surface area (Å²) in [5.41, 5.74) is -0.146. The van der Waals surface area contributed by atoms with Crippen molar-refractivity contribution in [3.8, 4) is 0 Å². The molecule has 0 amide bonds. The van der Waals surface area contributed by atoms with Gasteiger partial charge in [-0.05, 0) is 49.3 Å². The van der Waals surface area contributed by atoms with Gasteiger partial charge in [0.2, 0.25) is 10.0 Å². The number of Topliss-reactive ketones (excluding diaryl/α,β-unsaturated/α-hetero) is 1. The number of aryl methyl sites for hydroxylation is 1. The lowest BCUT2D eigenvalue weighted by atomic mass is 9.76. The molecule has 0 spiro atoms. The summed E-state index contributed by atoms with van der Waals surface area (Å²) in [7, 11) is -2.25. The summed E-state index contributed by atoms with van der Waals surface area (Å²) in [6, 6.07) is 4.42. The first-order chi connectivity index (χ1) is 13.1. The fraction of sp³-hybridized carbons (Fsp3) is 0.600. The lowest BCUT2D eigenvalue weighted by Gasteiger charge is -2.41. The van der Waals surface area contributed by atoms with Crippen LogP contribution in [0.25, 0.3) is 0 Å². The monoisotopic (exact) mass is 411 g/mol. The number of esters is 1. The van der Waals surface area contributed by atoms with Gasteiger partial charge in [-0.15, -0.1) is 0 Å². The second-order valence-electron chi connectivity index (χ2n) is 7.93. The zero-order chi connectivity index (χ0) is 20.5. The van der Waals surface area contributed by atoms with E-state index in [2.05, 4.69) is 0 Å². The van der Waals surface area contributed by atoms with Crippen LogP contribution in [0.2, 0.25) is 0 Å². The summed E-state index contributed by atoms with van der Waals surface area (Å²) in [6.45, 7) is 0. The summed E-state index contributed by atoms with van der Waals surface area (Å²) < 4.78 is 44.4. The predicted octanol–water partition coefficient (Wildman–Crippen LogP) is 2.99. The maximum atomic E-state index is 14.5. The number of nitrogens with zero attached hydrogens (tertiary/aromatic N) is 1. The highest BCUT2D eigenvalue weighted by molar-refractivity contribution is 7.92. The molecule has 1 aliphatic carbocycles. The van der Waals surface area contributed by atoms with E-state index in [1.807, 2.05) is 0 Å². The van der Waals surface area contributed by atoms with Gasteiger partial charge in [0.25, 0.3) is 0 Å². The van der Waals surface area contributed by atoms with E-state index in [0.717, 1.165) is 36.2 Å². The second-order valence-corrected chi connectivity index (χ2v) is 9.94. The first kappa shape index (κ1) is 20.8. The number of cyclic esters (lactones) is 1. The summed E-state index contributed by atoms with van der Waals surface area (Å²) in [5, 5.41) is 0. The smallest absolute Gasteiger partial charge is 0.313 e. The van der Waals surface area contributed by atoms with Crippen molar-refractivity contribution in [2.24, 2.45) is 5.92 Å². The molecule has 0 radical (unpaired) electrons. The van der Waals surface area contributed by atoms with E-state index >= 15 is 0 Å². The van der Waals surface area contributed by atoms with Gasteiger partial charge in [-0.1, -0.05) is 18.9 Å². The molecule has 0 bridgehead atoms. The molecule has 28 heavy (non-hydrogen) atoms. The van der Waals surface area contributed by atoms with Crippen LogP contribution in [-0.4, -0.2) is 39.1 Å². The highest BCUT2D eigenvalue weighted by Gasteiger charge is 2.47. The third-order valence-corrected chi connectivity index (χ3v) is 7.13. The molecule has 1 unspecified atom stereocenters. The number of ketones is 1. The van der Waals surface area contributed by atoms with E-state index in [9.17, 15) is 22.4 Å². The van der Waals surface area contributed by atoms with Gasteiger partial charge in [-0.3, -0.25) is 13.9 Å². The van der Waals surface area contributed by atoms with Gasteiger partial charge in [0.05, 0.1) is 11.9 Å². The van der Waals surface area contributed by atoms with Crippen molar-refractivity contribution < 1.29 is 27.1 Å². The first-order valence-corrected chi connectivity index (χ1v) is 11.4. The largest absolute Gasteiger partial charge is 0.458 e. The van der Waals surface area contributed by atoms with E-state index in [4.69, 9.17) is 4.74 Å².